The number of carbonyl (C=O) groups excluding carboxylic acids is 2. The molecule has 116 valence electrons. The van der Waals surface area contributed by atoms with E-state index in [0.29, 0.717) is 38.3 Å². The van der Waals surface area contributed by atoms with Crippen molar-refractivity contribution in [2.45, 2.75) is 44.6 Å². The first-order chi connectivity index (χ1) is 10.1. The van der Waals surface area contributed by atoms with Crippen LogP contribution in [0.3, 0.4) is 0 Å². The molecule has 3 N–H and O–H groups in total. The van der Waals surface area contributed by atoms with Gasteiger partial charge < -0.3 is 15.7 Å². The number of carbonyl (C=O) groups is 3. The average molecular weight is 294 g/mol. The van der Waals surface area contributed by atoms with Crippen LogP contribution in [-0.4, -0.2) is 35.5 Å². The van der Waals surface area contributed by atoms with Gasteiger partial charge in [0.25, 0.3) is 0 Å². The second kappa shape index (κ2) is 7.24. The monoisotopic (exact) mass is 294 g/mol. The van der Waals surface area contributed by atoms with E-state index in [1.165, 1.54) is 0 Å². The van der Waals surface area contributed by atoms with Crippen molar-refractivity contribution in [2.75, 3.05) is 6.54 Å². The fraction of sp³-hybridized carbons (Fsp3) is 0.667. The highest BCUT2D eigenvalue weighted by Gasteiger charge is 2.33. The normalized spacial score (nSPS) is 24.4. The van der Waals surface area contributed by atoms with Gasteiger partial charge in [-0.25, -0.2) is 0 Å². The Bertz CT molecular complexity index is 443. The Morgan fingerprint density at radius 3 is 2.38 bits per heavy atom. The van der Waals surface area contributed by atoms with Gasteiger partial charge in [-0.05, 0) is 32.1 Å². The number of hydrogen-bond acceptors (Lipinski definition) is 3. The number of hydrogen-bond donors (Lipinski definition) is 3. The molecule has 6 nitrogen and oxygen atoms in total. The molecule has 2 rings (SSSR count). The fourth-order valence-electron chi connectivity index (χ4n) is 2.50. The van der Waals surface area contributed by atoms with E-state index < -0.39 is 17.8 Å². The molecule has 0 aromatic carbocycles. The molecule has 0 heterocycles. The molecule has 0 radical (unpaired) electrons. The molecule has 0 spiro atoms. The summed E-state index contributed by atoms with van der Waals surface area (Å²) in [5.74, 6) is -2.28. The molecule has 21 heavy (non-hydrogen) atoms. The van der Waals surface area contributed by atoms with Crippen molar-refractivity contribution in [3.8, 4) is 0 Å². The number of carboxylic acid groups (broad SMARTS) is 1. The van der Waals surface area contributed by atoms with Crippen molar-refractivity contribution in [3.63, 3.8) is 0 Å². The molecule has 2 amide bonds. The summed E-state index contributed by atoms with van der Waals surface area (Å²) in [6, 6.07) is 0.359. The number of rotatable bonds is 7. The molecular weight excluding hydrogens is 272 g/mol. The third-order valence-electron chi connectivity index (χ3n) is 3.91. The van der Waals surface area contributed by atoms with Crippen LogP contribution in [-0.2, 0) is 14.4 Å². The first kappa shape index (κ1) is 15.5. The number of nitrogens with one attached hydrogen (secondary N) is 2. The van der Waals surface area contributed by atoms with Gasteiger partial charge in [0.1, 0.15) is 0 Å². The molecule has 0 aromatic rings. The molecule has 0 aliphatic heterocycles. The summed E-state index contributed by atoms with van der Waals surface area (Å²) in [6.07, 6.45) is 7.62. The second-order valence-corrected chi connectivity index (χ2v) is 5.73. The molecule has 2 aliphatic carbocycles. The highest BCUT2D eigenvalue weighted by Crippen LogP contribution is 2.26. The largest absolute Gasteiger partial charge is 0.481 e. The average Bonchev–Trinajstić information content (AvgIpc) is 3.27. The second-order valence-electron chi connectivity index (χ2n) is 5.73. The van der Waals surface area contributed by atoms with Gasteiger partial charge in [-0.15, -0.1) is 0 Å². The van der Waals surface area contributed by atoms with E-state index in [4.69, 9.17) is 5.11 Å². The van der Waals surface area contributed by atoms with Crippen LogP contribution in [0, 0.1) is 11.8 Å². The summed E-state index contributed by atoms with van der Waals surface area (Å²) in [4.78, 5) is 34.6. The molecule has 2 atom stereocenters. The molecule has 6 heteroatoms. The van der Waals surface area contributed by atoms with E-state index >= 15 is 0 Å². The van der Waals surface area contributed by atoms with Crippen LogP contribution in [0.15, 0.2) is 12.2 Å². The van der Waals surface area contributed by atoms with Gasteiger partial charge in [0.15, 0.2) is 0 Å². The maximum Gasteiger partial charge on any atom is 0.307 e. The fourth-order valence-corrected chi connectivity index (χ4v) is 2.50. The van der Waals surface area contributed by atoms with Crippen LogP contribution in [0.5, 0.6) is 0 Å². The van der Waals surface area contributed by atoms with Crippen LogP contribution in [0.4, 0.5) is 0 Å². The van der Waals surface area contributed by atoms with Crippen LogP contribution in [0.1, 0.15) is 38.5 Å². The van der Waals surface area contributed by atoms with Crippen molar-refractivity contribution >= 4 is 17.8 Å². The third kappa shape index (κ3) is 4.88. The van der Waals surface area contributed by atoms with Gasteiger partial charge in [0.2, 0.25) is 11.8 Å². The Kier molecular flexibility index (Phi) is 5.36. The van der Waals surface area contributed by atoms with Crippen molar-refractivity contribution in [3.05, 3.63) is 12.2 Å². The van der Waals surface area contributed by atoms with E-state index in [0.717, 1.165) is 12.8 Å². The molecule has 0 saturated heterocycles. The zero-order valence-corrected chi connectivity index (χ0v) is 12.0. The van der Waals surface area contributed by atoms with Gasteiger partial charge in [-0.2, -0.15) is 0 Å². The Labute approximate surface area is 124 Å². The van der Waals surface area contributed by atoms with E-state index in [2.05, 4.69) is 10.6 Å². The topological polar surface area (TPSA) is 95.5 Å². The lowest BCUT2D eigenvalue weighted by Gasteiger charge is -2.24. The van der Waals surface area contributed by atoms with E-state index in [9.17, 15) is 14.4 Å². The molecule has 2 aliphatic rings. The Morgan fingerprint density at radius 1 is 1.10 bits per heavy atom. The number of carboxylic acids is 1. The third-order valence-corrected chi connectivity index (χ3v) is 3.91. The van der Waals surface area contributed by atoms with E-state index in [1.807, 2.05) is 12.2 Å². The number of aliphatic carboxylic acids is 1. The summed E-state index contributed by atoms with van der Waals surface area (Å²) in [5, 5.41) is 14.8. The minimum absolute atomic E-state index is 0.0239. The maximum atomic E-state index is 12.0. The lowest BCUT2D eigenvalue weighted by Crippen LogP contribution is -2.39. The minimum atomic E-state index is -0.927. The summed E-state index contributed by atoms with van der Waals surface area (Å²) in [5.41, 5.74) is 0. The predicted octanol–water partition coefficient (Wildman–Crippen LogP) is 0.828. The first-order valence-corrected chi connectivity index (χ1v) is 7.53. The maximum absolute atomic E-state index is 12.0. The van der Waals surface area contributed by atoms with Crippen molar-refractivity contribution in [1.82, 2.24) is 10.6 Å². The first-order valence-electron chi connectivity index (χ1n) is 7.53. The number of amides is 2. The summed E-state index contributed by atoms with van der Waals surface area (Å²) in [6.45, 7) is 0.406. The Morgan fingerprint density at radius 2 is 1.76 bits per heavy atom. The van der Waals surface area contributed by atoms with Gasteiger partial charge in [-0.1, -0.05) is 12.2 Å². The molecule has 1 saturated carbocycles. The van der Waals surface area contributed by atoms with E-state index in [-0.39, 0.29) is 11.8 Å². The van der Waals surface area contributed by atoms with Crippen LogP contribution in [0.25, 0.3) is 0 Å². The lowest BCUT2D eigenvalue weighted by atomic mass is 9.82. The predicted molar refractivity (Wildman–Crippen MR) is 76.4 cm³/mol. The van der Waals surface area contributed by atoms with Gasteiger partial charge in [-0.3, -0.25) is 14.4 Å². The SMILES string of the molecule is O=C(CCCNC(=O)[C@@H]1CC=CC[C@@H]1C(=O)O)NC1CC1. The standard InChI is InChI=1S/C15H22N2O4/c18-13(17-10-7-8-10)6-3-9-16-14(19)11-4-1-2-5-12(11)15(20)21/h1-2,10-12H,3-9H2,(H,16,19)(H,17,18)(H,20,21)/t11-,12+/m1/s1. The van der Waals surface area contributed by atoms with Crippen molar-refractivity contribution < 1.29 is 19.5 Å². The molecular formula is C15H22N2O4. The molecule has 1 fully saturated rings. The quantitative estimate of drug-likeness (QED) is 0.478. The minimum Gasteiger partial charge on any atom is -0.481 e. The highest BCUT2D eigenvalue weighted by atomic mass is 16.4. The molecule has 0 bridgehead atoms. The van der Waals surface area contributed by atoms with Crippen molar-refractivity contribution in [2.24, 2.45) is 11.8 Å². The van der Waals surface area contributed by atoms with Gasteiger partial charge in [0, 0.05) is 19.0 Å². The molecule has 0 aromatic heterocycles. The summed E-state index contributed by atoms with van der Waals surface area (Å²) >= 11 is 0. The molecule has 0 unspecified atom stereocenters. The van der Waals surface area contributed by atoms with Crippen molar-refractivity contribution in [1.29, 1.82) is 0 Å². The van der Waals surface area contributed by atoms with Gasteiger partial charge in [0.05, 0.1) is 11.8 Å². The van der Waals surface area contributed by atoms with Crippen LogP contribution in [0.2, 0.25) is 0 Å². The van der Waals surface area contributed by atoms with Crippen LogP contribution >= 0.6 is 0 Å². The summed E-state index contributed by atoms with van der Waals surface area (Å²) in [7, 11) is 0. The Hall–Kier alpha value is -1.85. The smallest absolute Gasteiger partial charge is 0.307 e. The van der Waals surface area contributed by atoms with Crippen LogP contribution < -0.4 is 10.6 Å². The Balaban J connectivity index is 1.67. The lowest BCUT2D eigenvalue weighted by molar-refractivity contribution is -0.147. The zero-order valence-electron chi connectivity index (χ0n) is 12.0. The van der Waals surface area contributed by atoms with E-state index in [1.54, 1.807) is 0 Å². The highest BCUT2D eigenvalue weighted by molar-refractivity contribution is 5.85. The number of allylic oxidation sites excluding steroid dienone is 2. The zero-order chi connectivity index (χ0) is 15.2. The van der Waals surface area contributed by atoms with Gasteiger partial charge >= 0.3 is 5.97 Å². The summed E-state index contributed by atoms with van der Waals surface area (Å²) < 4.78 is 0.